The van der Waals surface area contributed by atoms with Crippen molar-refractivity contribution in [3.05, 3.63) is 34.6 Å². The highest BCUT2D eigenvalue weighted by molar-refractivity contribution is 6.28. The Hall–Kier alpha value is -2.21. The van der Waals surface area contributed by atoms with Crippen LogP contribution in [-0.2, 0) is 0 Å². The summed E-state index contributed by atoms with van der Waals surface area (Å²) in [5, 5.41) is 4.76. The molecule has 0 N–H and O–H groups in total. The fourth-order valence-electron chi connectivity index (χ4n) is 2.47. The van der Waals surface area contributed by atoms with E-state index in [9.17, 15) is 0 Å². The number of pyridine rings is 1. The van der Waals surface area contributed by atoms with Gasteiger partial charge in [-0.05, 0) is 44.0 Å². The van der Waals surface area contributed by atoms with Gasteiger partial charge in [-0.25, -0.2) is 15.0 Å². The predicted octanol–water partition coefficient (Wildman–Crippen LogP) is 2.83. The van der Waals surface area contributed by atoms with E-state index in [0.29, 0.717) is 16.8 Å². The van der Waals surface area contributed by atoms with Crippen LogP contribution >= 0.6 is 11.6 Å². The van der Waals surface area contributed by atoms with E-state index in [1.807, 2.05) is 45.1 Å². The van der Waals surface area contributed by atoms with Crippen molar-refractivity contribution < 1.29 is 0 Å². The van der Waals surface area contributed by atoms with E-state index in [1.165, 1.54) is 0 Å². The van der Waals surface area contributed by atoms with Crippen LogP contribution in [0.25, 0.3) is 16.8 Å². The average molecular weight is 317 g/mol. The number of fused-ring (bicyclic) bond motifs is 1. The van der Waals surface area contributed by atoms with Crippen LogP contribution in [0.3, 0.4) is 0 Å². The molecule has 22 heavy (non-hydrogen) atoms. The normalized spacial score (nSPS) is 11.2. The molecule has 0 bridgehead atoms. The molecule has 3 aromatic heterocycles. The highest BCUT2D eigenvalue weighted by Crippen LogP contribution is 2.31. The molecule has 0 saturated heterocycles. The van der Waals surface area contributed by atoms with E-state index in [0.717, 1.165) is 28.2 Å². The summed E-state index contributed by atoms with van der Waals surface area (Å²) in [5.41, 5.74) is 4.63. The van der Waals surface area contributed by atoms with Crippen LogP contribution in [0.2, 0.25) is 5.28 Å². The summed E-state index contributed by atoms with van der Waals surface area (Å²) in [4.78, 5) is 15.1. The molecule has 7 heteroatoms. The minimum atomic E-state index is 0.312. The lowest BCUT2D eigenvalue weighted by molar-refractivity contribution is 0.858. The summed E-state index contributed by atoms with van der Waals surface area (Å²) < 4.78 is 1.57. The molecule has 0 atom stereocenters. The third-order valence-electron chi connectivity index (χ3n) is 3.56. The molecule has 0 amide bonds. The molecule has 114 valence electrons. The van der Waals surface area contributed by atoms with Gasteiger partial charge in [-0.2, -0.15) is 9.61 Å². The molecule has 0 aliphatic rings. The van der Waals surface area contributed by atoms with Crippen LogP contribution in [0.4, 0.5) is 5.82 Å². The molecule has 0 unspecified atom stereocenters. The van der Waals surface area contributed by atoms with Gasteiger partial charge >= 0.3 is 0 Å². The van der Waals surface area contributed by atoms with Crippen LogP contribution in [0.15, 0.2) is 12.3 Å². The fourth-order valence-corrected chi connectivity index (χ4v) is 2.71. The molecule has 0 aliphatic heterocycles. The first-order valence-electron chi connectivity index (χ1n) is 6.92. The molecular formula is C15H17ClN6. The van der Waals surface area contributed by atoms with E-state index in [-0.39, 0.29) is 0 Å². The van der Waals surface area contributed by atoms with Gasteiger partial charge in [-0.1, -0.05) is 0 Å². The number of aryl methyl sites for hydroxylation is 3. The fraction of sp³-hybridized carbons (Fsp3) is 0.333. The average Bonchev–Trinajstić information content (AvgIpc) is 2.75. The Morgan fingerprint density at radius 1 is 1.14 bits per heavy atom. The lowest BCUT2D eigenvalue weighted by Crippen LogP contribution is -2.10. The molecule has 0 aromatic carbocycles. The second kappa shape index (κ2) is 5.21. The third kappa shape index (κ3) is 2.29. The zero-order valence-corrected chi connectivity index (χ0v) is 14.0. The molecule has 6 nitrogen and oxygen atoms in total. The van der Waals surface area contributed by atoms with E-state index >= 15 is 0 Å². The van der Waals surface area contributed by atoms with Crippen LogP contribution in [0, 0.1) is 20.8 Å². The Labute approximate surface area is 133 Å². The van der Waals surface area contributed by atoms with Crippen molar-refractivity contribution in [2.75, 3.05) is 19.0 Å². The Balaban J connectivity index is 2.29. The topological polar surface area (TPSA) is 59.2 Å². The second-order valence-corrected chi connectivity index (χ2v) is 5.83. The van der Waals surface area contributed by atoms with Gasteiger partial charge in [0.1, 0.15) is 11.6 Å². The maximum Gasteiger partial charge on any atom is 0.227 e. The lowest BCUT2D eigenvalue weighted by Gasteiger charge is -2.13. The van der Waals surface area contributed by atoms with Crippen LogP contribution in [0.5, 0.6) is 0 Å². The van der Waals surface area contributed by atoms with Gasteiger partial charge in [0, 0.05) is 25.9 Å². The number of halogens is 1. The minimum absolute atomic E-state index is 0.312. The standard InChI is InChI=1S/C15H17ClN6/c1-8-6-12(21(4)5)17-7-11(8)13-9(2)20-22-14(13)18-10(3)19-15(22)16/h6-7H,1-5H3. The SMILES string of the molecule is Cc1nc(Cl)n2nc(C)c(-c3cnc(N(C)C)cc3C)c2n1. The Morgan fingerprint density at radius 2 is 1.86 bits per heavy atom. The van der Waals surface area contributed by atoms with Crippen molar-refractivity contribution in [2.24, 2.45) is 0 Å². The number of hydrogen-bond acceptors (Lipinski definition) is 5. The van der Waals surface area contributed by atoms with E-state index in [1.54, 1.807) is 4.52 Å². The zero-order valence-electron chi connectivity index (χ0n) is 13.2. The van der Waals surface area contributed by atoms with E-state index < -0.39 is 0 Å². The molecule has 0 radical (unpaired) electrons. The smallest absolute Gasteiger partial charge is 0.227 e. The summed E-state index contributed by atoms with van der Waals surface area (Å²) in [6.07, 6.45) is 1.86. The largest absolute Gasteiger partial charge is 0.363 e. The Morgan fingerprint density at radius 3 is 2.50 bits per heavy atom. The number of aromatic nitrogens is 5. The van der Waals surface area contributed by atoms with Crippen molar-refractivity contribution in [3.8, 4) is 11.1 Å². The first kappa shape index (κ1) is 14.7. The second-order valence-electron chi connectivity index (χ2n) is 5.49. The molecular weight excluding hydrogens is 300 g/mol. The summed E-state index contributed by atoms with van der Waals surface area (Å²) in [6.45, 7) is 5.82. The molecule has 3 heterocycles. The van der Waals surface area contributed by atoms with Crippen molar-refractivity contribution in [1.82, 2.24) is 24.6 Å². The number of nitrogens with zero attached hydrogens (tertiary/aromatic N) is 6. The van der Waals surface area contributed by atoms with Crippen molar-refractivity contribution in [1.29, 1.82) is 0 Å². The maximum atomic E-state index is 6.17. The van der Waals surface area contributed by atoms with Gasteiger partial charge in [-0.15, -0.1) is 0 Å². The van der Waals surface area contributed by atoms with E-state index in [2.05, 4.69) is 27.0 Å². The van der Waals surface area contributed by atoms with Gasteiger partial charge in [0.2, 0.25) is 5.28 Å². The minimum Gasteiger partial charge on any atom is -0.363 e. The Bertz CT molecular complexity index is 868. The van der Waals surface area contributed by atoms with Crippen LogP contribution < -0.4 is 4.90 Å². The van der Waals surface area contributed by atoms with Gasteiger partial charge in [0.05, 0.1) is 11.3 Å². The summed E-state index contributed by atoms with van der Waals surface area (Å²) in [6, 6.07) is 2.05. The maximum absolute atomic E-state index is 6.17. The molecule has 3 aromatic rings. The first-order chi connectivity index (χ1) is 10.4. The summed E-state index contributed by atoms with van der Waals surface area (Å²) in [7, 11) is 3.94. The molecule has 3 rings (SSSR count). The van der Waals surface area contributed by atoms with Crippen molar-refractivity contribution in [3.63, 3.8) is 0 Å². The summed E-state index contributed by atoms with van der Waals surface area (Å²) in [5.74, 6) is 1.54. The molecule has 0 saturated carbocycles. The molecule has 0 spiro atoms. The highest BCUT2D eigenvalue weighted by Gasteiger charge is 2.18. The van der Waals surface area contributed by atoms with Gasteiger partial charge in [0.15, 0.2) is 5.65 Å². The number of hydrogen-bond donors (Lipinski definition) is 0. The highest BCUT2D eigenvalue weighted by atomic mass is 35.5. The third-order valence-corrected chi connectivity index (χ3v) is 3.80. The predicted molar refractivity (Wildman–Crippen MR) is 87.6 cm³/mol. The molecule has 0 fully saturated rings. The van der Waals surface area contributed by atoms with Gasteiger partial charge in [0.25, 0.3) is 0 Å². The quantitative estimate of drug-likeness (QED) is 0.727. The number of rotatable bonds is 2. The number of anilines is 1. The lowest BCUT2D eigenvalue weighted by atomic mass is 10.0. The van der Waals surface area contributed by atoms with Gasteiger partial charge < -0.3 is 4.90 Å². The molecule has 0 aliphatic carbocycles. The monoisotopic (exact) mass is 316 g/mol. The van der Waals surface area contributed by atoms with Crippen molar-refractivity contribution >= 4 is 23.1 Å². The van der Waals surface area contributed by atoms with E-state index in [4.69, 9.17) is 11.6 Å². The van der Waals surface area contributed by atoms with Crippen molar-refractivity contribution in [2.45, 2.75) is 20.8 Å². The van der Waals surface area contributed by atoms with Crippen LogP contribution in [-0.4, -0.2) is 38.7 Å². The van der Waals surface area contributed by atoms with Gasteiger partial charge in [-0.3, -0.25) is 0 Å². The first-order valence-corrected chi connectivity index (χ1v) is 7.30. The Kier molecular flexibility index (Phi) is 3.48. The van der Waals surface area contributed by atoms with Crippen LogP contribution in [0.1, 0.15) is 17.1 Å². The zero-order chi connectivity index (χ0) is 16.0. The summed E-state index contributed by atoms with van der Waals surface area (Å²) >= 11 is 6.17.